The van der Waals surface area contributed by atoms with E-state index in [2.05, 4.69) is 5.32 Å². The molecule has 0 bridgehead atoms. The van der Waals surface area contributed by atoms with Crippen molar-refractivity contribution in [2.24, 2.45) is 0 Å². The number of hydrazine groups is 1. The molecule has 0 aromatic heterocycles. The molecule has 1 amide bonds. The maximum absolute atomic E-state index is 12.8. The van der Waals surface area contributed by atoms with Crippen LogP contribution in [0.15, 0.2) is 48.5 Å². The highest BCUT2D eigenvalue weighted by Gasteiger charge is 2.34. The fourth-order valence-corrected chi connectivity index (χ4v) is 2.66. The predicted molar refractivity (Wildman–Crippen MR) is 85.8 cm³/mol. The average Bonchev–Trinajstić information content (AvgIpc) is 2.54. The van der Waals surface area contributed by atoms with Crippen LogP contribution in [0, 0.1) is 10.1 Å². The number of nitrogens with one attached hydrogen (secondary N) is 1. The highest BCUT2D eigenvalue weighted by atomic mass is 16.6. The topological polar surface area (TPSA) is 78.7 Å². The van der Waals surface area contributed by atoms with Crippen LogP contribution in [0.1, 0.15) is 22.1 Å². The largest absolute Gasteiger partial charge is 0.360 e. The van der Waals surface area contributed by atoms with E-state index < -0.39 is 11.1 Å². The molecule has 0 saturated heterocycles. The lowest BCUT2D eigenvalue weighted by molar-refractivity contribution is -0.384. The van der Waals surface area contributed by atoms with Crippen LogP contribution in [0.3, 0.4) is 0 Å². The summed E-state index contributed by atoms with van der Waals surface area (Å²) in [6.07, 6.45) is -0.423. The first kappa shape index (κ1) is 15.0. The smallest absolute Gasteiger partial charge is 0.272 e. The Morgan fingerprint density at radius 1 is 1.13 bits per heavy atom. The Hall–Kier alpha value is -2.93. The van der Waals surface area contributed by atoms with Gasteiger partial charge in [-0.15, -0.1) is 0 Å². The van der Waals surface area contributed by atoms with E-state index in [9.17, 15) is 14.9 Å². The quantitative estimate of drug-likeness (QED) is 0.696. The molecule has 23 heavy (non-hydrogen) atoms. The number of carbonyl (C=O) groups is 1. The van der Waals surface area contributed by atoms with Crippen LogP contribution in [0.25, 0.3) is 0 Å². The molecule has 1 aliphatic heterocycles. The van der Waals surface area contributed by atoms with E-state index in [0.717, 1.165) is 11.3 Å². The van der Waals surface area contributed by atoms with Gasteiger partial charge in [0.25, 0.3) is 11.6 Å². The molecule has 2 aromatic rings. The zero-order valence-corrected chi connectivity index (χ0v) is 12.8. The van der Waals surface area contributed by atoms with E-state index in [1.807, 2.05) is 18.2 Å². The van der Waals surface area contributed by atoms with E-state index in [1.165, 1.54) is 12.1 Å². The summed E-state index contributed by atoms with van der Waals surface area (Å²) < 4.78 is 0. The Morgan fingerprint density at radius 2 is 1.78 bits per heavy atom. The van der Waals surface area contributed by atoms with Crippen LogP contribution in [-0.2, 0) is 0 Å². The Kier molecular flexibility index (Phi) is 3.71. The Labute approximate surface area is 133 Å². The van der Waals surface area contributed by atoms with Gasteiger partial charge in [0.05, 0.1) is 10.5 Å². The second-order valence-corrected chi connectivity index (χ2v) is 5.44. The highest BCUT2D eigenvalue weighted by molar-refractivity contribution is 6.01. The number of hydrogen-bond donors (Lipinski definition) is 1. The molecule has 7 nitrogen and oxygen atoms in total. The van der Waals surface area contributed by atoms with Crippen molar-refractivity contribution in [3.05, 3.63) is 69.8 Å². The van der Waals surface area contributed by atoms with Gasteiger partial charge in [-0.25, -0.2) is 10.0 Å². The third kappa shape index (κ3) is 2.62. The summed E-state index contributed by atoms with van der Waals surface area (Å²) in [5.74, 6) is -0.118. The van der Waals surface area contributed by atoms with Gasteiger partial charge in [0, 0.05) is 31.9 Å². The lowest BCUT2D eigenvalue weighted by atomic mass is 10.0. The molecule has 1 N–H and O–H groups in total. The standard InChI is InChI=1S/C16H16N4O3/c1-18(2)19-15(11-7-9-12(10-8-11)20(22)23)17-14-6-4-3-5-13(14)16(19)21/h3-10,15,17H,1-2H3. The van der Waals surface area contributed by atoms with Gasteiger partial charge in [0.2, 0.25) is 0 Å². The molecule has 1 atom stereocenters. The number of rotatable bonds is 3. The zero-order valence-electron chi connectivity index (χ0n) is 12.8. The van der Waals surface area contributed by atoms with Crippen LogP contribution in [0.2, 0.25) is 0 Å². The summed E-state index contributed by atoms with van der Waals surface area (Å²) >= 11 is 0. The van der Waals surface area contributed by atoms with Gasteiger partial charge >= 0.3 is 0 Å². The first-order valence-corrected chi connectivity index (χ1v) is 7.10. The van der Waals surface area contributed by atoms with Gasteiger partial charge in [-0.1, -0.05) is 12.1 Å². The number of hydrogen-bond acceptors (Lipinski definition) is 5. The third-order valence-electron chi connectivity index (χ3n) is 3.75. The fraction of sp³-hybridized carbons (Fsp3) is 0.188. The molecule has 2 aromatic carbocycles. The molecule has 0 radical (unpaired) electrons. The van der Waals surface area contributed by atoms with Gasteiger partial charge in [0.1, 0.15) is 6.17 Å². The van der Waals surface area contributed by atoms with Crippen LogP contribution in [0.5, 0.6) is 0 Å². The second kappa shape index (κ2) is 5.69. The third-order valence-corrected chi connectivity index (χ3v) is 3.75. The summed E-state index contributed by atoms with van der Waals surface area (Å²) in [6.45, 7) is 0. The molecule has 0 saturated carbocycles. The van der Waals surface area contributed by atoms with Gasteiger partial charge in [-0.05, 0) is 29.8 Å². The molecule has 0 fully saturated rings. The monoisotopic (exact) mass is 312 g/mol. The van der Waals surface area contributed by atoms with Gasteiger partial charge < -0.3 is 5.32 Å². The fourth-order valence-electron chi connectivity index (χ4n) is 2.66. The van der Waals surface area contributed by atoms with Crippen molar-refractivity contribution in [2.45, 2.75) is 6.17 Å². The molecule has 1 heterocycles. The molecule has 0 spiro atoms. The minimum absolute atomic E-state index is 0.0210. The molecule has 7 heteroatoms. The molecular weight excluding hydrogens is 296 g/mol. The van der Waals surface area contributed by atoms with E-state index in [1.54, 1.807) is 42.3 Å². The van der Waals surface area contributed by atoms with Gasteiger partial charge in [-0.2, -0.15) is 0 Å². The minimum atomic E-state index is -0.442. The van der Waals surface area contributed by atoms with Gasteiger partial charge in [-0.3, -0.25) is 14.9 Å². The lowest BCUT2D eigenvalue weighted by Gasteiger charge is -2.41. The number of nitro groups is 1. The van der Waals surface area contributed by atoms with Crippen LogP contribution in [-0.4, -0.2) is 34.9 Å². The number of fused-ring (bicyclic) bond motifs is 1. The van der Waals surface area contributed by atoms with E-state index in [4.69, 9.17) is 0 Å². The zero-order chi connectivity index (χ0) is 16.6. The van der Waals surface area contributed by atoms with Crippen molar-refractivity contribution >= 4 is 17.3 Å². The number of amides is 1. The number of anilines is 1. The van der Waals surface area contributed by atoms with Crippen molar-refractivity contribution in [1.82, 2.24) is 10.0 Å². The van der Waals surface area contributed by atoms with Crippen molar-refractivity contribution in [3.63, 3.8) is 0 Å². The normalized spacial score (nSPS) is 16.9. The van der Waals surface area contributed by atoms with Gasteiger partial charge in [0.15, 0.2) is 0 Å². The number of nitrogens with zero attached hydrogens (tertiary/aromatic N) is 3. The molecule has 1 unspecified atom stereocenters. The van der Waals surface area contributed by atoms with Crippen LogP contribution in [0.4, 0.5) is 11.4 Å². The number of carbonyl (C=O) groups excluding carboxylic acids is 1. The summed E-state index contributed by atoms with van der Waals surface area (Å²) in [7, 11) is 3.57. The molecular formula is C16H16N4O3. The van der Waals surface area contributed by atoms with Crippen LogP contribution < -0.4 is 5.32 Å². The Balaban J connectivity index is 2.03. The molecule has 118 valence electrons. The number of nitro benzene ring substituents is 1. The van der Waals surface area contributed by atoms with Crippen molar-refractivity contribution in [3.8, 4) is 0 Å². The van der Waals surface area contributed by atoms with E-state index in [-0.39, 0.29) is 11.6 Å². The number of non-ortho nitro benzene ring substituents is 1. The molecule has 0 aliphatic carbocycles. The van der Waals surface area contributed by atoms with Crippen molar-refractivity contribution in [1.29, 1.82) is 0 Å². The molecule has 3 rings (SSSR count). The SMILES string of the molecule is CN(C)N1C(=O)c2ccccc2NC1c1ccc([N+](=O)[O-])cc1. The summed E-state index contributed by atoms with van der Waals surface area (Å²) in [6, 6.07) is 13.5. The first-order chi connectivity index (χ1) is 11.0. The first-order valence-electron chi connectivity index (χ1n) is 7.10. The number of para-hydroxylation sites is 1. The Bertz CT molecular complexity index is 758. The average molecular weight is 312 g/mol. The minimum Gasteiger partial charge on any atom is -0.360 e. The predicted octanol–water partition coefficient (Wildman–Crippen LogP) is 2.64. The van der Waals surface area contributed by atoms with Crippen molar-refractivity contribution < 1.29 is 9.72 Å². The van der Waals surface area contributed by atoms with E-state index in [0.29, 0.717) is 5.56 Å². The summed E-state index contributed by atoms with van der Waals surface area (Å²) in [4.78, 5) is 23.1. The maximum Gasteiger partial charge on any atom is 0.272 e. The van der Waals surface area contributed by atoms with E-state index >= 15 is 0 Å². The lowest BCUT2D eigenvalue weighted by Crippen LogP contribution is -2.49. The molecule has 1 aliphatic rings. The summed E-state index contributed by atoms with van der Waals surface area (Å²) in [5.41, 5.74) is 2.14. The Morgan fingerprint density at radius 3 is 2.39 bits per heavy atom. The highest BCUT2D eigenvalue weighted by Crippen LogP contribution is 2.33. The maximum atomic E-state index is 12.8. The van der Waals surface area contributed by atoms with Crippen LogP contribution >= 0.6 is 0 Å². The second-order valence-electron chi connectivity index (χ2n) is 5.44. The summed E-state index contributed by atoms with van der Waals surface area (Å²) in [5, 5.41) is 17.4. The number of benzene rings is 2. The van der Waals surface area contributed by atoms with Crippen molar-refractivity contribution in [2.75, 3.05) is 19.4 Å².